The Morgan fingerprint density at radius 3 is 2.28 bits per heavy atom. The van der Waals surface area contributed by atoms with Crippen LogP contribution in [0.3, 0.4) is 0 Å². The van der Waals surface area contributed by atoms with Gasteiger partial charge in [-0.3, -0.25) is 19.2 Å². The molecule has 1 saturated heterocycles. The quantitative estimate of drug-likeness (QED) is 0.312. The monoisotopic (exact) mass is 728 g/mol. The third kappa shape index (κ3) is 7.56. The van der Waals surface area contributed by atoms with Crippen LogP contribution in [0.4, 0.5) is 5.69 Å². The summed E-state index contributed by atoms with van der Waals surface area (Å²) in [6.45, 7) is 6.92. The number of amides is 3. The summed E-state index contributed by atoms with van der Waals surface area (Å²) in [5.41, 5.74) is 2.92. The Hall–Kier alpha value is -5.46. The molecule has 2 aliphatic heterocycles. The number of para-hydroxylation sites is 2. The molecule has 0 bridgehead atoms. The van der Waals surface area contributed by atoms with Gasteiger partial charge >= 0.3 is 0 Å². The van der Waals surface area contributed by atoms with Crippen LogP contribution in [0.15, 0.2) is 53.3 Å². The van der Waals surface area contributed by atoms with E-state index in [1.807, 2.05) is 38.1 Å². The summed E-state index contributed by atoms with van der Waals surface area (Å²) >= 11 is 0. The molecule has 0 spiro atoms. The van der Waals surface area contributed by atoms with E-state index < -0.39 is 18.2 Å². The van der Waals surface area contributed by atoms with Gasteiger partial charge in [-0.15, -0.1) is 0 Å². The molecular formula is C40H48N4O9. The zero-order valence-corrected chi connectivity index (χ0v) is 31.2. The lowest BCUT2D eigenvalue weighted by Crippen LogP contribution is -2.57. The van der Waals surface area contributed by atoms with Crippen molar-refractivity contribution in [3.63, 3.8) is 0 Å². The number of nitrogens with one attached hydrogen (secondary N) is 2. The average Bonchev–Trinajstić information content (AvgIpc) is 3.42. The van der Waals surface area contributed by atoms with Crippen molar-refractivity contribution in [3.8, 4) is 39.9 Å². The first-order valence-corrected chi connectivity index (χ1v) is 18.1. The number of anilines is 1. The van der Waals surface area contributed by atoms with E-state index in [9.17, 15) is 19.2 Å². The van der Waals surface area contributed by atoms with Crippen LogP contribution in [0.5, 0.6) is 28.7 Å². The standard InChI is InChI=1S/C40H48N4O9/c1-7-23(2)36(40(48)44-18-16-43(17-19-44)39(47)34-22-52-31-10-8-9-11-32(31)53-34)42-29-15-13-26-27(21-30(29)46)28(41-24(3)45)14-12-25-20-33(49-4)37(50-5)38(51-6)35(25)26/h8-11,13,15,20-21,23,28,34,36H,7,12,14,16-19,22H2,1-6H3,(H,41,45)(H,42,46)/t23-,28+,34+,36+/m1/s1. The van der Waals surface area contributed by atoms with Crippen molar-refractivity contribution in [2.45, 2.75) is 58.2 Å². The summed E-state index contributed by atoms with van der Waals surface area (Å²) in [6.07, 6.45) is 1.03. The number of piperazine rings is 1. The van der Waals surface area contributed by atoms with Gasteiger partial charge in [0.2, 0.25) is 29.1 Å². The van der Waals surface area contributed by atoms with E-state index in [-0.39, 0.29) is 41.4 Å². The number of ether oxygens (including phenoxy) is 5. The maximum atomic E-state index is 14.2. The van der Waals surface area contributed by atoms with Gasteiger partial charge < -0.3 is 44.1 Å². The van der Waals surface area contributed by atoms with E-state index in [0.717, 1.165) is 11.1 Å². The van der Waals surface area contributed by atoms with Crippen molar-refractivity contribution < 1.29 is 38.1 Å². The first-order valence-electron chi connectivity index (χ1n) is 18.1. The Balaban J connectivity index is 1.27. The Morgan fingerprint density at radius 2 is 1.62 bits per heavy atom. The molecule has 4 atom stereocenters. The van der Waals surface area contributed by atoms with Gasteiger partial charge in [0, 0.05) is 38.7 Å². The minimum atomic E-state index is -0.758. The number of nitrogens with zero attached hydrogens (tertiary/aromatic N) is 2. The van der Waals surface area contributed by atoms with Crippen molar-refractivity contribution in [2.24, 2.45) is 5.92 Å². The number of aryl methyl sites for hydroxylation is 1. The van der Waals surface area contributed by atoms with Gasteiger partial charge in [-0.1, -0.05) is 38.5 Å². The van der Waals surface area contributed by atoms with Gasteiger partial charge in [0.25, 0.3) is 5.91 Å². The summed E-state index contributed by atoms with van der Waals surface area (Å²) in [4.78, 5) is 57.5. The average molecular weight is 729 g/mol. The van der Waals surface area contributed by atoms with Crippen LogP contribution < -0.4 is 39.7 Å². The van der Waals surface area contributed by atoms with Gasteiger partial charge in [-0.25, -0.2) is 0 Å². The minimum Gasteiger partial charge on any atom is -0.493 e. The van der Waals surface area contributed by atoms with Crippen LogP contribution >= 0.6 is 0 Å². The first kappa shape index (κ1) is 37.3. The fourth-order valence-electron chi connectivity index (χ4n) is 7.37. The third-order valence-electron chi connectivity index (χ3n) is 10.4. The van der Waals surface area contributed by atoms with E-state index >= 15 is 0 Å². The van der Waals surface area contributed by atoms with Crippen LogP contribution in [-0.4, -0.2) is 93.8 Å². The molecule has 0 saturated carbocycles. The van der Waals surface area contributed by atoms with Gasteiger partial charge in [0.1, 0.15) is 12.6 Å². The van der Waals surface area contributed by atoms with Crippen LogP contribution in [0, 0.1) is 5.92 Å². The second-order valence-corrected chi connectivity index (χ2v) is 13.6. The number of benzene rings is 2. The van der Waals surface area contributed by atoms with E-state index in [1.165, 1.54) is 14.0 Å². The Kier molecular flexibility index (Phi) is 11.3. The summed E-state index contributed by atoms with van der Waals surface area (Å²) < 4.78 is 28.9. The molecule has 2 N–H and O–H groups in total. The minimum absolute atomic E-state index is 0.121. The molecule has 3 aromatic rings. The number of carbonyl (C=O) groups is 3. The maximum absolute atomic E-state index is 14.2. The molecule has 13 nitrogen and oxygen atoms in total. The van der Waals surface area contributed by atoms with Crippen molar-refractivity contribution in [3.05, 3.63) is 69.9 Å². The fraction of sp³-hybridized carbons (Fsp3) is 0.450. The second kappa shape index (κ2) is 16.1. The fourth-order valence-corrected chi connectivity index (χ4v) is 7.37. The number of carbonyl (C=O) groups excluding carboxylic acids is 3. The predicted octanol–water partition coefficient (Wildman–Crippen LogP) is 4.20. The van der Waals surface area contributed by atoms with Crippen LogP contribution in [0.1, 0.15) is 50.8 Å². The van der Waals surface area contributed by atoms with Crippen LogP contribution in [0.2, 0.25) is 0 Å². The highest BCUT2D eigenvalue weighted by Crippen LogP contribution is 2.50. The molecule has 0 unspecified atom stereocenters. The lowest BCUT2D eigenvalue weighted by molar-refractivity contribution is -0.146. The largest absolute Gasteiger partial charge is 0.493 e. The molecular weight excluding hydrogens is 680 g/mol. The molecule has 3 aliphatic rings. The molecule has 282 valence electrons. The molecule has 2 heterocycles. The molecule has 13 heteroatoms. The normalized spacial score (nSPS) is 18.7. The predicted molar refractivity (Wildman–Crippen MR) is 199 cm³/mol. The van der Waals surface area contributed by atoms with E-state index in [0.29, 0.717) is 85.3 Å². The molecule has 53 heavy (non-hydrogen) atoms. The molecule has 1 fully saturated rings. The van der Waals surface area contributed by atoms with Gasteiger partial charge in [-0.2, -0.15) is 0 Å². The molecule has 3 aromatic carbocycles. The zero-order valence-electron chi connectivity index (χ0n) is 31.2. The molecule has 6 rings (SSSR count). The topological polar surface area (TPSA) is 145 Å². The first-order chi connectivity index (χ1) is 25.6. The highest BCUT2D eigenvalue weighted by Gasteiger charge is 2.36. The van der Waals surface area contributed by atoms with Crippen LogP contribution in [0.25, 0.3) is 11.1 Å². The smallest absolute Gasteiger partial charge is 0.267 e. The Bertz CT molecular complexity index is 1930. The number of rotatable bonds is 10. The number of hydrogen-bond acceptors (Lipinski definition) is 10. The lowest BCUT2D eigenvalue weighted by Gasteiger charge is -2.39. The molecule has 3 amide bonds. The summed E-state index contributed by atoms with van der Waals surface area (Å²) in [5, 5.41) is 6.34. The van der Waals surface area contributed by atoms with E-state index in [4.69, 9.17) is 23.7 Å². The van der Waals surface area contributed by atoms with E-state index in [2.05, 4.69) is 10.6 Å². The van der Waals surface area contributed by atoms with Crippen molar-refractivity contribution in [1.29, 1.82) is 0 Å². The molecule has 1 aliphatic carbocycles. The Labute approximate surface area is 309 Å². The van der Waals surface area contributed by atoms with E-state index in [1.54, 1.807) is 48.3 Å². The van der Waals surface area contributed by atoms with Gasteiger partial charge in [-0.05, 0) is 65.8 Å². The number of fused-ring (bicyclic) bond motifs is 4. The van der Waals surface area contributed by atoms with Crippen molar-refractivity contribution in [1.82, 2.24) is 15.1 Å². The van der Waals surface area contributed by atoms with Gasteiger partial charge in [0.05, 0.1) is 33.1 Å². The summed E-state index contributed by atoms with van der Waals surface area (Å²) in [5.74, 6) is 1.85. The summed E-state index contributed by atoms with van der Waals surface area (Å²) in [7, 11) is 4.65. The van der Waals surface area contributed by atoms with Crippen molar-refractivity contribution in [2.75, 3.05) is 59.4 Å². The number of methoxy groups -OCH3 is 3. The Morgan fingerprint density at radius 1 is 0.925 bits per heavy atom. The van der Waals surface area contributed by atoms with Crippen molar-refractivity contribution >= 4 is 23.4 Å². The van der Waals surface area contributed by atoms with Crippen LogP contribution in [-0.2, 0) is 20.8 Å². The second-order valence-electron chi connectivity index (χ2n) is 13.6. The molecule has 0 radical (unpaired) electrons. The molecule has 0 aromatic heterocycles. The highest BCUT2D eigenvalue weighted by molar-refractivity contribution is 5.87. The highest BCUT2D eigenvalue weighted by atomic mass is 16.6. The lowest BCUT2D eigenvalue weighted by atomic mass is 9.95. The summed E-state index contributed by atoms with van der Waals surface area (Å²) in [6, 6.07) is 13.1. The van der Waals surface area contributed by atoms with Gasteiger partial charge in [0.15, 0.2) is 23.0 Å². The zero-order chi connectivity index (χ0) is 37.8. The SMILES string of the molecule is CC[C@@H](C)[C@H](Nc1ccc2c(cc1=O)[C@@H](NC(C)=O)CCc1cc(OC)c(OC)c(OC)c1-2)C(=O)N1CCN(C(=O)[C@@H]2COc3ccccc3O2)CC1. The number of hydrogen-bond donors (Lipinski definition) is 2. The third-order valence-corrected chi connectivity index (χ3v) is 10.4. The maximum Gasteiger partial charge on any atom is 0.267 e.